The molecule has 17 N–H and O–H groups in total. The maximum Gasteiger partial charge on any atom is 0.331 e. The summed E-state index contributed by atoms with van der Waals surface area (Å²) in [6.07, 6.45) is -41.1. The van der Waals surface area contributed by atoms with Crippen molar-refractivity contribution in [3.8, 4) is 17.2 Å². The first-order valence-corrected chi connectivity index (χ1v) is 38.0. The number of aliphatic hydroxyl groups is 16. The number of carbonyl (C=O) groups excluding carboxylic acids is 2. The molecule has 0 radical (unpaired) electrons. The Morgan fingerprint density at radius 1 is 0.559 bits per heavy atom. The molecule has 36 nitrogen and oxygen atoms in total. The van der Waals surface area contributed by atoms with Gasteiger partial charge in [-0.2, -0.15) is 0 Å². The monoisotopic (exact) mass is 1590 g/mol. The summed E-state index contributed by atoms with van der Waals surface area (Å²) in [7, 11) is 4.22. The first kappa shape index (κ1) is 85.8. The van der Waals surface area contributed by atoms with Crippen LogP contribution in [-0.4, -0.2) is 337 Å². The maximum atomic E-state index is 16.2. The third kappa shape index (κ3) is 15.0. The topological polar surface area (TPSA) is 543 Å². The standard InChI is InChI=1S/C75H112O36/c1-31-53(105-44(82)14-11-33-21-39(96-8)56(98-10)40(22-33)97-9)50(88)58(109-64-52(90)57(108-66-59(91)75(95,29-78)30-101-66)54(32(2)102-64)106-62-51(89)55(38(81)27-100-62)107-61-48(86)45(83)37(80)26-99-61)65(103-31)111-68(94)73-18-17-69(3,4)23-35(73)34-12-13-42-70(5)24-36(79)60(110-63-49(87)47(85)46(84)41(25-76)104-63)72(7,67(92)93)43(70)15-16-71(42,6)74(34,28-77)20-19-73/h11-12,14,21-22,31-32,35-38,41-43,45-55,57-66,76-81,83-91,95H,13,15-20,23-30H2,1-10H3,(H,92,93)/t31-,32+,35+,36+,37+,38-,41-,42-,43-,45+,46-,47+,48-,49-,50+,51-,52-,53+,54+,55+,57+,58-,59+,60+,61+,62-,63+,64+,65+,66+,70-,71-,72+,73+,74+,75-/m1/s1. The van der Waals surface area contributed by atoms with Crippen LogP contribution < -0.4 is 14.2 Å². The van der Waals surface area contributed by atoms with E-state index in [1.807, 2.05) is 13.0 Å². The van der Waals surface area contributed by atoms with Gasteiger partial charge in [0.15, 0.2) is 55.2 Å². The Morgan fingerprint density at radius 2 is 1.15 bits per heavy atom. The summed E-state index contributed by atoms with van der Waals surface area (Å²) in [4.78, 5) is 44.3. The van der Waals surface area contributed by atoms with Gasteiger partial charge < -0.3 is 163 Å². The van der Waals surface area contributed by atoms with E-state index in [1.54, 1.807) is 12.1 Å². The molecule has 5 aliphatic carbocycles. The molecule has 12 rings (SSSR count). The normalized spacial score (nSPS) is 48.4. The zero-order valence-electron chi connectivity index (χ0n) is 63.7. The van der Waals surface area contributed by atoms with Crippen molar-refractivity contribution >= 4 is 24.0 Å². The van der Waals surface area contributed by atoms with Crippen LogP contribution >= 0.6 is 0 Å². The van der Waals surface area contributed by atoms with Crippen LogP contribution in [0.5, 0.6) is 17.2 Å². The molecular weight excluding hydrogens is 1480 g/mol. The summed E-state index contributed by atoms with van der Waals surface area (Å²) >= 11 is 0. The molecule has 6 aliphatic heterocycles. The molecule has 6 heterocycles. The quantitative estimate of drug-likeness (QED) is 0.0236. The van der Waals surface area contributed by atoms with E-state index < -0.39 is 279 Å². The van der Waals surface area contributed by atoms with E-state index in [9.17, 15) is 96.4 Å². The number of rotatable bonds is 22. The van der Waals surface area contributed by atoms with Crippen molar-refractivity contribution in [2.24, 2.45) is 50.2 Å². The van der Waals surface area contributed by atoms with Crippen LogP contribution in [0.1, 0.15) is 112 Å². The van der Waals surface area contributed by atoms with E-state index in [4.69, 9.17) is 75.8 Å². The zero-order valence-corrected chi connectivity index (χ0v) is 63.7. The van der Waals surface area contributed by atoms with Crippen molar-refractivity contribution in [2.75, 3.05) is 61.0 Å². The maximum absolute atomic E-state index is 16.2. The van der Waals surface area contributed by atoms with E-state index in [1.165, 1.54) is 48.2 Å². The summed E-state index contributed by atoms with van der Waals surface area (Å²) in [5.41, 5.74) is -7.77. The van der Waals surface area contributed by atoms with Gasteiger partial charge in [0.2, 0.25) is 12.0 Å². The van der Waals surface area contributed by atoms with Crippen LogP contribution in [-0.2, 0) is 76.0 Å². The number of hydrogen-bond donors (Lipinski definition) is 17. The van der Waals surface area contributed by atoms with Gasteiger partial charge in [0.25, 0.3) is 0 Å². The Balaban J connectivity index is 0.857. The van der Waals surface area contributed by atoms with Gasteiger partial charge in [-0.15, -0.1) is 0 Å². The fourth-order valence-electron chi connectivity index (χ4n) is 20.5. The van der Waals surface area contributed by atoms with Crippen LogP contribution in [0.2, 0.25) is 0 Å². The molecule has 10 fully saturated rings. The van der Waals surface area contributed by atoms with Crippen LogP contribution in [0.15, 0.2) is 29.9 Å². The molecule has 1 aromatic carbocycles. The molecule has 628 valence electrons. The lowest BCUT2D eigenvalue weighted by Crippen LogP contribution is -2.71. The summed E-state index contributed by atoms with van der Waals surface area (Å²) in [5, 5.41) is 191. The summed E-state index contributed by atoms with van der Waals surface area (Å²) < 4.78 is 95.6. The van der Waals surface area contributed by atoms with Crippen LogP contribution in [0.3, 0.4) is 0 Å². The largest absolute Gasteiger partial charge is 0.493 e. The number of methoxy groups -OCH3 is 3. The minimum Gasteiger partial charge on any atom is -0.493 e. The molecule has 111 heavy (non-hydrogen) atoms. The van der Waals surface area contributed by atoms with Gasteiger partial charge in [-0.25, -0.2) is 4.79 Å². The fraction of sp³-hybridized carbons (Fsp3) is 0.827. The van der Waals surface area contributed by atoms with Crippen molar-refractivity contribution in [2.45, 2.75) is 278 Å². The van der Waals surface area contributed by atoms with E-state index in [-0.39, 0.29) is 49.4 Å². The van der Waals surface area contributed by atoms with Crippen molar-refractivity contribution in [3.63, 3.8) is 0 Å². The predicted molar refractivity (Wildman–Crippen MR) is 371 cm³/mol. The number of benzene rings is 1. The number of hydrogen-bond acceptors (Lipinski definition) is 35. The second kappa shape index (κ2) is 32.7. The molecule has 0 bridgehead atoms. The van der Waals surface area contributed by atoms with E-state index in [2.05, 4.69) is 20.8 Å². The van der Waals surface area contributed by atoms with Crippen LogP contribution in [0.4, 0.5) is 0 Å². The van der Waals surface area contributed by atoms with Crippen molar-refractivity contribution < 1.29 is 177 Å². The number of aliphatic hydroxyl groups excluding tert-OH is 15. The minimum atomic E-state index is -2.31. The number of carbonyl (C=O) groups is 3. The number of aliphatic carboxylic acids is 1. The fourth-order valence-corrected chi connectivity index (χ4v) is 20.5. The molecule has 36 atom stereocenters. The van der Waals surface area contributed by atoms with Gasteiger partial charge in [0, 0.05) is 11.5 Å². The molecule has 0 unspecified atom stereocenters. The Hall–Kier alpha value is -4.57. The molecule has 4 saturated carbocycles. The lowest BCUT2D eigenvalue weighted by molar-refractivity contribution is -0.388. The summed E-state index contributed by atoms with van der Waals surface area (Å²) in [6, 6.07) is 3.11. The van der Waals surface area contributed by atoms with Gasteiger partial charge in [0.1, 0.15) is 103 Å². The molecule has 36 heteroatoms. The smallest absolute Gasteiger partial charge is 0.331 e. The van der Waals surface area contributed by atoms with Gasteiger partial charge >= 0.3 is 17.9 Å². The van der Waals surface area contributed by atoms with Crippen molar-refractivity contribution in [3.05, 3.63) is 35.4 Å². The highest BCUT2D eigenvalue weighted by molar-refractivity contribution is 5.87. The van der Waals surface area contributed by atoms with E-state index in [0.29, 0.717) is 31.2 Å². The SMILES string of the molecule is COc1cc(C=CC(=O)O[C@@H]2[C@H](O)[C@@H](O[C@@H]3O[C@@H](C)[C@H](O[C@H]4OC[C@@H](O)[C@H](O[C@@H]5OC[C@H](O)[C@H](O)[C@H]5O)[C@H]4O)[C@@H](O[C@@H]4OC[C@](O)(CO)[C@H]4O)[C@H]3O)[C@H](OC(=O)[C@]34CCC(C)(C)C[C@H]3C3=CC[C@@H]5[C@@]6(C)C[C@H](O)[C@H](O[C@@H]7O[C@H](CO)[C@@H](O)[C@H](O)[C@H]7O)[C@@](C)(C(=O)O)[C@@H]6CC[C@@]5(C)[C@]3(CO)CC4)O[C@@H]2C)cc(OC)c1OC. The number of carboxylic acid groups (broad SMARTS) is 1. The number of fused-ring (bicyclic) bond motifs is 7. The average Bonchev–Trinajstić information content (AvgIpc) is 1.10. The second-order valence-corrected chi connectivity index (χ2v) is 33.7. The Labute approximate surface area is 640 Å². The number of esters is 2. The van der Waals surface area contributed by atoms with Crippen LogP contribution in [0, 0.1) is 50.2 Å². The highest BCUT2D eigenvalue weighted by Gasteiger charge is 2.74. The summed E-state index contributed by atoms with van der Waals surface area (Å²) in [5.74, 6) is -4.19. The molecule has 0 aromatic heterocycles. The first-order valence-electron chi connectivity index (χ1n) is 38.0. The van der Waals surface area contributed by atoms with E-state index >= 15 is 4.79 Å². The number of allylic oxidation sites excluding steroid dienone is 1. The van der Waals surface area contributed by atoms with Crippen molar-refractivity contribution in [1.29, 1.82) is 0 Å². The highest BCUT2D eigenvalue weighted by atomic mass is 16.8. The predicted octanol–water partition coefficient (Wildman–Crippen LogP) is -3.11. The first-order chi connectivity index (χ1) is 52.3. The van der Waals surface area contributed by atoms with Gasteiger partial charge in [-0.05, 0) is 136 Å². The minimum absolute atomic E-state index is 0.0230. The van der Waals surface area contributed by atoms with Gasteiger partial charge in [0.05, 0.1) is 90.1 Å². The highest BCUT2D eigenvalue weighted by Crippen LogP contribution is 2.76. The Morgan fingerprint density at radius 3 is 1.78 bits per heavy atom. The molecular formula is C75H112O36. The van der Waals surface area contributed by atoms with Gasteiger partial charge in [-0.1, -0.05) is 39.3 Å². The molecule has 0 amide bonds. The number of carboxylic acids is 1. The number of ether oxygens (including phenoxy) is 16. The lowest BCUT2D eigenvalue weighted by atomic mass is 9.33. The Kier molecular flexibility index (Phi) is 25.3. The molecule has 0 spiro atoms. The second-order valence-electron chi connectivity index (χ2n) is 33.7. The van der Waals surface area contributed by atoms with Gasteiger partial charge in [-0.3, -0.25) is 9.59 Å². The van der Waals surface area contributed by atoms with Crippen molar-refractivity contribution in [1.82, 2.24) is 0 Å². The molecule has 11 aliphatic rings. The summed E-state index contributed by atoms with van der Waals surface area (Å²) in [6.45, 7) is 8.42. The Bertz CT molecular complexity index is 3480. The molecule has 1 aromatic rings. The molecule has 6 saturated heterocycles. The van der Waals surface area contributed by atoms with Crippen LogP contribution in [0.25, 0.3) is 6.08 Å². The third-order valence-corrected chi connectivity index (χ3v) is 26.9. The lowest BCUT2D eigenvalue weighted by Gasteiger charge is -2.71. The van der Waals surface area contributed by atoms with E-state index in [0.717, 1.165) is 11.6 Å². The average molecular weight is 1590 g/mol. The third-order valence-electron chi connectivity index (χ3n) is 26.9. The zero-order chi connectivity index (χ0) is 80.9.